The van der Waals surface area contributed by atoms with Gasteiger partial charge < -0.3 is 4.90 Å². The van der Waals surface area contributed by atoms with E-state index in [1.807, 2.05) is 19.0 Å². The summed E-state index contributed by atoms with van der Waals surface area (Å²) in [7, 11) is 0.769. The maximum Gasteiger partial charge on any atom is 0.186 e. The van der Waals surface area contributed by atoms with Gasteiger partial charge in [0.15, 0.2) is 15.6 Å². The summed E-state index contributed by atoms with van der Waals surface area (Å²) in [5.74, 6) is -0.715. The Bertz CT molecular complexity index is 609. The quantitative estimate of drug-likeness (QED) is 0.748. The first-order chi connectivity index (χ1) is 9.30. The molecule has 0 radical (unpaired) electrons. The predicted molar refractivity (Wildman–Crippen MR) is 76.9 cm³/mol. The molecule has 0 spiro atoms. The standard InChI is InChI=1S/C12H18ClN3O3S/c1-15(2)4-5-16-11(10(13)7-14-16)12(17)9-3-6-20(18,19)8-9/h7,9H,3-6,8H2,1-2H3. The second kappa shape index (κ2) is 5.83. The molecule has 1 aliphatic rings. The van der Waals surface area contributed by atoms with Crippen molar-refractivity contribution in [1.82, 2.24) is 14.7 Å². The number of likely N-dealkylation sites (N-methyl/N-ethyl adjacent to an activating group) is 1. The van der Waals surface area contributed by atoms with Gasteiger partial charge in [-0.15, -0.1) is 0 Å². The second-order valence-corrected chi connectivity index (χ2v) is 7.97. The summed E-state index contributed by atoms with van der Waals surface area (Å²) in [6.07, 6.45) is 1.81. The van der Waals surface area contributed by atoms with Crippen molar-refractivity contribution in [2.75, 3.05) is 32.1 Å². The third-order valence-corrected chi connectivity index (χ3v) is 5.43. The van der Waals surface area contributed by atoms with Crippen molar-refractivity contribution in [3.63, 3.8) is 0 Å². The van der Waals surface area contributed by atoms with Crippen molar-refractivity contribution >= 4 is 27.2 Å². The van der Waals surface area contributed by atoms with E-state index in [9.17, 15) is 13.2 Å². The minimum atomic E-state index is -3.08. The molecule has 1 aliphatic heterocycles. The van der Waals surface area contributed by atoms with E-state index in [1.165, 1.54) is 6.20 Å². The van der Waals surface area contributed by atoms with Gasteiger partial charge in [0.05, 0.1) is 29.3 Å². The third kappa shape index (κ3) is 3.39. The first-order valence-corrected chi connectivity index (χ1v) is 8.61. The zero-order valence-electron chi connectivity index (χ0n) is 11.5. The maximum atomic E-state index is 12.5. The van der Waals surface area contributed by atoms with E-state index >= 15 is 0 Å². The number of ketones is 1. The number of hydrogen-bond donors (Lipinski definition) is 0. The lowest BCUT2D eigenvalue weighted by molar-refractivity contribution is 0.0921. The second-order valence-electron chi connectivity index (χ2n) is 5.33. The molecular formula is C12H18ClN3O3S. The van der Waals surface area contributed by atoms with Gasteiger partial charge in [-0.1, -0.05) is 11.6 Å². The van der Waals surface area contributed by atoms with Gasteiger partial charge in [0, 0.05) is 12.5 Å². The molecule has 0 aliphatic carbocycles. The molecule has 1 aromatic rings. The summed E-state index contributed by atoms with van der Waals surface area (Å²) >= 11 is 6.04. The highest BCUT2D eigenvalue weighted by Crippen LogP contribution is 2.26. The Hall–Kier alpha value is -0.920. The van der Waals surface area contributed by atoms with Crippen LogP contribution in [-0.4, -0.2) is 61.0 Å². The minimum Gasteiger partial charge on any atom is -0.308 e. The Kier molecular flexibility index (Phi) is 4.51. The lowest BCUT2D eigenvalue weighted by atomic mass is 10.0. The maximum absolute atomic E-state index is 12.5. The molecule has 0 bridgehead atoms. The van der Waals surface area contributed by atoms with Crippen LogP contribution in [0.5, 0.6) is 0 Å². The van der Waals surface area contributed by atoms with Crippen molar-refractivity contribution in [1.29, 1.82) is 0 Å². The van der Waals surface area contributed by atoms with Crippen molar-refractivity contribution in [2.24, 2.45) is 5.92 Å². The van der Waals surface area contributed by atoms with Gasteiger partial charge in [0.1, 0.15) is 5.69 Å². The summed E-state index contributed by atoms with van der Waals surface area (Å²) in [6, 6.07) is 0. The van der Waals surface area contributed by atoms with Crippen LogP contribution < -0.4 is 0 Å². The number of hydrogen-bond acceptors (Lipinski definition) is 5. The number of aromatic nitrogens is 2. The topological polar surface area (TPSA) is 72.3 Å². The molecular weight excluding hydrogens is 302 g/mol. The first kappa shape index (κ1) is 15.5. The van der Waals surface area contributed by atoms with Gasteiger partial charge in [-0.3, -0.25) is 9.48 Å². The average Bonchev–Trinajstić information content (AvgIpc) is 2.89. The number of nitrogens with zero attached hydrogens (tertiary/aromatic N) is 3. The Morgan fingerprint density at radius 1 is 1.55 bits per heavy atom. The van der Waals surface area contributed by atoms with Crippen LogP contribution >= 0.6 is 11.6 Å². The SMILES string of the molecule is CN(C)CCn1ncc(Cl)c1C(=O)C1CCS(=O)(=O)C1. The fourth-order valence-electron chi connectivity index (χ4n) is 2.27. The summed E-state index contributed by atoms with van der Waals surface area (Å²) < 4.78 is 24.5. The number of carbonyl (C=O) groups excluding carboxylic acids is 1. The van der Waals surface area contributed by atoms with E-state index in [0.29, 0.717) is 18.7 Å². The van der Waals surface area contributed by atoms with E-state index in [2.05, 4.69) is 5.10 Å². The van der Waals surface area contributed by atoms with Crippen molar-refractivity contribution in [3.05, 3.63) is 16.9 Å². The average molecular weight is 320 g/mol. The molecule has 1 saturated heterocycles. The molecule has 6 nitrogen and oxygen atoms in total. The molecule has 0 amide bonds. The molecule has 1 aromatic heterocycles. The lowest BCUT2D eigenvalue weighted by Gasteiger charge is -2.13. The summed E-state index contributed by atoms with van der Waals surface area (Å²) in [6.45, 7) is 1.27. The Morgan fingerprint density at radius 2 is 2.25 bits per heavy atom. The van der Waals surface area contributed by atoms with Crippen LogP contribution in [0.25, 0.3) is 0 Å². The van der Waals surface area contributed by atoms with E-state index in [-0.39, 0.29) is 22.3 Å². The largest absolute Gasteiger partial charge is 0.308 e. The van der Waals surface area contributed by atoms with Gasteiger partial charge >= 0.3 is 0 Å². The van der Waals surface area contributed by atoms with Crippen LogP contribution in [0.1, 0.15) is 16.9 Å². The molecule has 20 heavy (non-hydrogen) atoms. The highest BCUT2D eigenvalue weighted by Gasteiger charge is 2.35. The molecule has 2 heterocycles. The highest BCUT2D eigenvalue weighted by molar-refractivity contribution is 7.91. The van der Waals surface area contributed by atoms with Gasteiger partial charge in [-0.05, 0) is 20.5 Å². The van der Waals surface area contributed by atoms with Crippen molar-refractivity contribution < 1.29 is 13.2 Å². The minimum absolute atomic E-state index is 0.0763. The number of sulfone groups is 1. The van der Waals surface area contributed by atoms with E-state index < -0.39 is 15.8 Å². The molecule has 0 aromatic carbocycles. The number of Topliss-reactive ketones (excluding diaryl/α,β-unsaturated/α-hetero) is 1. The zero-order valence-corrected chi connectivity index (χ0v) is 13.1. The smallest absolute Gasteiger partial charge is 0.186 e. The molecule has 112 valence electrons. The van der Waals surface area contributed by atoms with Crippen LogP contribution in [0.15, 0.2) is 6.20 Å². The van der Waals surface area contributed by atoms with Crippen LogP contribution in [0.2, 0.25) is 5.02 Å². The Labute approximate surface area is 123 Å². The number of carbonyl (C=O) groups is 1. The molecule has 1 atom stereocenters. The van der Waals surface area contributed by atoms with Crippen LogP contribution in [0, 0.1) is 5.92 Å². The molecule has 2 rings (SSSR count). The Balaban J connectivity index is 2.19. The zero-order chi connectivity index (χ0) is 14.9. The molecule has 1 fully saturated rings. The third-order valence-electron chi connectivity index (χ3n) is 3.39. The first-order valence-electron chi connectivity index (χ1n) is 6.41. The van der Waals surface area contributed by atoms with Crippen LogP contribution in [0.3, 0.4) is 0 Å². The van der Waals surface area contributed by atoms with Crippen molar-refractivity contribution in [3.8, 4) is 0 Å². The number of halogens is 1. The van der Waals surface area contributed by atoms with E-state index in [1.54, 1.807) is 4.68 Å². The molecule has 0 saturated carbocycles. The van der Waals surface area contributed by atoms with Crippen molar-refractivity contribution in [2.45, 2.75) is 13.0 Å². The van der Waals surface area contributed by atoms with E-state index in [4.69, 9.17) is 11.6 Å². The highest BCUT2D eigenvalue weighted by atomic mass is 35.5. The van der Waals surface area contributed by atoms with Crippen LogP contribution in [-0.2, 0) is 16.4 Å². The lowest BCUT2D eigenvalue weighted by Crippen LogP contribution is -2.24. The normalized spacial score (nSPS) is 21.5. The summed E-state index contributed by atoms with van der Waals surface area (Å²) in [4.78, 5) is 14.4. The van der Waals surface area contributed by atoms with Crippen LogP contribution in [0.4, 0.5) is 0 Å². The fraction of sp³-hybridized carbons (Fsp3) is 0.667. The van der Waals surface area contributed by atoms with Gasteiger partial charge in [-0.25, -0.2) is 8.42 Å². The predicted octanol–water partition coefficient (Wildman–Crippen LogP) is 0.715. The molecule has 1 unspecified atom stereocenters. The molecule has 0 N–H and O–H groups in total. The van der Waals surface area contributed by atoms with E-state index in [0.717, 1.165) is 6.54 Å². The fourth-order valence-corrected chi connectivity index (χ4v) is 4.24. The molecule has 8 heteroatoms. The number of rotatable bonds is 5. The summed E-state index contributed by atoms with van der Waals surface area (Å²) in [5.41, 5.74) is 0.329. The van der Waals surface area contributed by atoms with Gasteiger partial charge in [-0.2, -0.15) is 5.10 Å². The summed E-state index contributed by atoms with van der Waals surface area (Å²) in [5, 5.41) is 4.39. The van der Waals surface area contributed by atoms with Gasteiger partial charge in [0.25, 0.3) is 0 Å². The van der Waals surface area contributed by atoms with Gasteiger partial charge in [0.2, 0.25) is 0 Å². The Morgan fingerprint density at radius 3 is 2.80 bits per heavy atom. The monoisotopic (exact) mass is 319 g/mol.